The van der Waals surface area contributed by atoms with Crippen molar-refractivity contribution in [2.75, 3.05) is 4.57 Å². The van der Waals surface area contributed by atoms with Crippen LogP contribution in [0.4, 0.5) is 11.5 Å². The monoisotopic (exact) mass is 285 g/mol. The van der Waals surface area contributed by atoms with E-state index in [-0.39, 0.29) is 0 Å². The lowest BCUT2D eigenvalue weighted by molar-refractivity contribution is 1.06. The SMILES string of the molecule is CC[Si](CC)(CC)N(c1ccccc1)c1cnccn1. The minimum atomic E-state index is -1.60. The highest BCUT2D eigenvalue weighted by Crippen LogP contribution is 2.35. The van der Waals surface area contributed by atoms with Gasteiger partial charge in [0.15, 0.2) is 8.24 Å². The standard InChI is InChI=1S/C16H23N3Si/c1-4-20(5-2,6-3)19(15-10-8-7-9-11-15)16-14-17-12-13-18-16/h7-14H,4-6H2,1-3H3. The maximum absolute atomic E-state index is 4.56. The molecule has 0 N–H and O–H groups in total. The second-order valence-electron chi connectivity index (χ2n) is 5.02. The predicted molar refractivity (Wildman–Crippen MR) is 87.8 cm³/mol. The third-order valence-corrected chi connectivity index (χ3v) is 9.63. The van der Waals surface area contributed by atoms with E-state index >= 15 is 0 Å². The highest BCUT2D eigenvalue weighted by molar-refractivity contribution is 6.84. The van der Waals surface area contributed by atoms with Crippen LogP contribution in [0.1, 0.15) is 20.8 Å². The fraction of sp³-hybridized carbons (Fsp3) is 0.375. The number of anilines is 2. The smallest absolute Gasteiger partial charge is 0.163 e. The van der Waals surface area contributed by atoms with Gasteiger partial charge in [-0.25, -0.2) is 4.98 Å². The Labute approximate surface area is 122 Å². The van der Waals surface area contributed by atoms with E-state index in [0.29, 0.717) is 0 Å². The van der Waals surface area contributed by atoms with Gasteiger partial charge in [-0.3, -0.25) is 4.98 Å². The molecule has 1 aromatic carbocycles. The van der Waals surface area contributed by atoms with E-state index in [9.17, 15) is 0 Å². The normalized spacial score (nSPS) is 11.3. The highest BCUT2D eigenvalue weighted by atomic mass is 28.3. The van der Waals surface area contributed by atoms with E-state index in [1.54, 1.807) is 12.4 Å². The Hall–Kier alpha value is -1.68. The first-order valence-corrected chi connectivity index (χ1v) is 9.95. The van der Waals surface area contributed by atoms with Crippen LogP contribution >= 0.6 is 0 Å². The van der Waals surface area contributed by atoms with Gasteiger partial charge < -0.3 is 4.57 Å². The van der Waals surface area contributed by atoms with Gasteiger partial charge in [-0.1, -0.05) is 39.0 Å². The first-order chi connectivity index (χ1) is 9.77. The highest BCUT2D eigenvalue weighted by Gasteiger charge is 2.36. The fourth-order valence-corrected chi connectivity index (χ4v) is 6.60. The number of hydrogen-bond donors (Lipinski definition) is 0. The summed E-state index contributed by atoms with van der Waals surface area (Å²) in [5.41, 5.74) is 1.24. The van der Waals surface area contributed by atoms with E-state index in [1.807, 2.05) is 6.20 Å². The van der Waals surface area contributed by atoms with E-state index in [0.717, 1.165) is 5.82 Å². The molecule has 20 heavy (non-hydrogen) atoms. The van der Waals surface area contributed by atoms with E-state index in [4.69, 9.17) is 0 Å². The molecular weight excluding hydrogens is 262 g/mol. The maximum Gasteiger partial charge on any atom is 0.163 e. The molecule has 106 valence electrons. The zero-order valence-electron chi connectivity index (χ0n) is 12.6. The van der Waals surface area contributed by atoms with Crippen molar-refractivity contribution in [3.05, 3.63) is 48.9 Å². The molecule has 0 fully saturated rings. The number of rotatable bonds is 6. The average molecular weight is 285 g/mol. The van der Waals surface area contributed by atoms with Gasteiger partial charge in [-0.2, -0.15) is 0 Å². The molecule has 0 amide bonds. The molecule has 0 aliphatic rings. The van der Waals surface area contributed by atoms with Gasteiger partial charge in [-0.05, 0) is 30.3 Å². The summed E-state index contributed by atoms with van der Waals surface area (Å²) in [5, 5.41) is 0. The zero-order chi connectivity index (χ0) is 14.4. The van der Waals surface area contributed by atoms with Crippen LogP contribution in [-0.2, 0) is 0 Å². The van der Waals surface area contributed by atoms with Crippen molar-refractivity contribution in [1.29, 1.82) is 0 Å². The molecule has 0 spiro atoms. The minimum absolute atomic E-state index is 0.982. The van der Waals surface area contributed by atoms with Crippen molar-refractivity contribution in [2.24, 2.45) is 0 Å². The first-order valence-electron chi connectivity index (χ1n) is 7.38. The van der Waals surface area contributed by atoms with Crippen molar-refractivity contribution in [3.63, 3.8) is 0 Å². The molecule has 0 aliphatic heterocycles. The van der Waals surface area contributed by atoms with Crippen molar-refractivity contribution >= 4 is 19.7 Å². The lowest BCUT2D eigenvalue weighted by Crippen LogP contribution is -2.50. The molecule has 0 aliphatic carbocycles. The van der Waals surface area contributed by atoms with Crippen LogP contribution in [0.25, 0.3) is 0 Å². The molecule has 0 unspecified atom stereocenters. The molecule has 0 radical (unpaired) electrons. The Bertz CT molecular complexity index is 464. The number of para-hydroxylation sites is 1. The molecule has 4 heteroatoms. The average Bonchev–Trinajstić information content (AvgIpc) is 2.54. The Kier molecular flexibility index (Phi) is 4.90. The summed E-state index contributed by atoms with van der Waals surface area (Å²) in [6, 6.07) is 14.3. The van der Waals surface area contributed by atoms with Gasteiger partial charge in [-0.15, -0.1) is 0 Å². The third-order valence-electron chi connectivity index (χ3n) is 4.24. The van der Waals surface area contributed by atoms with Crippen LogP contribution in [0.2, 0.25) is 18.1 Å². The summed E-state index contributed by atoms with van der Waals surface area (Å²) >= 11 is 0. The van der Waals surface area contributed by atoms with Gasteiger partial charge in [0, 0.05) is 18.1 Å². The van der Waals surface area contributed by atoms with Gasteiger partial charge in [0.25, 0.3) is 0 Å². The topological polar surface area (TPSA) is 29.0 Å². The Morgan fingerprint density at radius 3 is 2.10 bits per heavy atom. The second-order valence-corrected chi connectivity index (χ2v) is 10.0. The van der Waals surface area contributed by atoms with Crippen LogP contribution in [0, 0.1) is 0 Å². The summed E-state index contributed by atoms with van der Waals surface area (Å²) < 4.78 is 2.49. The molecule has 0 atom stereocenters. The molecule has 2 rings (SSSR count). The number of benzene rings is 1. The Morgan fingerprint density at radius 1 is 0.950 bits per heavy atom. The zero-order valence-corrected chi connectivity index (χ0v) is 13.6. The van der Waals surface area contributed by atoms with Gasteiger partial charge in [0.1, 0.15) is 5.82 Å². The second kappa shape index (κ2) is 6.66. The largest absolute Gasteiger partial charge is 0.353 e. The predicted octanol–water partition coefficient (Wildman–Crippen LogP) is 4.62. The number of nitrogens with zero attached hydrogens (tertiary/aromatic N) is 3. The first kappa shape index (κ1) is 14.7. The van der Waals surface area contributed by atoms with E-state index in [1.165, 1.54) is 23.8 Å². The summed E-state index contributed by atoms with van der Waals surface area (Å²) in [7, 11) is -1.60. The van der Waals surface area contributed by atoms with Crippen molar-refractivity contribution < 1.29 is 0 Å². The third kappa shape index (κ3) is 2.75. The van der Waals surface area contributed by atoms with E-state index in [2.05, 4.69) is 65.6 Å². The quantitative estimate of drug-likeness (QED) is 0.725. The van der Waals surface area contributed by atoms with Crippen LogP contribution in [-0.4, -0.2) is 18.2 Å². The molecule has 0 saturated carbocycles. The molecule has 1 aromatic heterocycles. The van der Waals surface area contributed by atoms with Crippen LogP contribution < -0.4 is 4.57 Å². The van der Waals surface area contributed by atoms with Crippen LogP contribution in [0.3, 0.4) is 0 Å². The molecular formula is C16H23N3Si. The van der Waals surface area contributed by atoms with E-state index < -0.39 is 8.24 Å². The fourth-order valence-electron chi connectivity index (χ4n) is 2.86. The number of hydrogen-bond acceptors (Lipinski definition) is 3. The molecule has 3 nitrogen and oxygen atoms in total. The summed E-state index contributed by atoms with van der Waals surface area (Å²) in [4.78, 5) is 8.83. The van der Waals surface area contributed by atoms with Crippen molar-refractivity contribution in [2.45, 2.75) is 38.9 Å². The van der Waals surface area contributed by atoms with Crippen LogP contribution in [0.15, 0.2) is 48.9 Å². The molecule has 1 heterocycles. The Morgan fingerprint density at radius 2 is 1.60 bits per heavy atom. The Balaban J connectivity index is 2.55. The van der Waals surface area contributed by atoms with Crippen LogP contribution in [0.5, 0.6) is 0 Å². The lowest BCUT2D eigenvalue weighted by atomic mass is 10.3. The van der Waals surface area contributed by atoms with Crippen molar-refractivity contribution in [3.8, 4) is 0 Å². The minimum Gasteiger partial charge on any atom is -0.353 e. The number of aromatic nitrogens is 2. The summed E-state index contributed by atoms with van der Waals surface area (Å²) in [5.74, 6) is 0.982. The summed E-state index contributed by atoms with van der Waals surface area (Å²) in [6.45, 7) is 6.93. The lowest BCUT2D eigenvalue weighted by Gasteiger charge is -2.41. The van der Waals surface area contributed by atoms with Gasteiger partial charge in [0.2, 0.25) is 0 Å². The summed E-state index contributed by atoms with van der Waals surface area (Å²) in [6.07, 6.45) is 5.40. The van der Waals surface area contributed by atoms with Gasteiger partial charge in [0.05, 0.1) is 6.20 Å². The van der Waals surface area contributed by atoms with Gasteiger partial charge >= 0.3 is 0 Å². The molecule has 0 saturated heterocycles. The molecule has 2 aromatic rings. The maximum atomic E-state index is 4.56. The van der Waals surface area contributed by atoms with Crippen molar-refractivity contribution in [1.82, 2.24) is 9.97 Å². The molecule has 0 bridgehead atoms.